The zero-order chi connectivity index (χ0) is 20.7. The lowest BCUT2D eigenvalue weighted by atomic mass is 10.1. The quantitative estimate of drug-likeness (QED) is 0.561. The van der Waals surface area contributed by atoms with Crippen molar-refractivity contribution >= 4 is 5.69 Å². The molecular formula is C23H17FN4O2. The van der Waals surface area contributed by atoms with Crippen LogP contribution in [0.3, 0.4) is 0 Å². The van der Waals surface area contributed by atoms with Gasteiger partial charge in [0.15, 0.2) is 11.5 Å². The first-order chi connectivity index (χ1) is 14.6. The van der Waals surface area contributed by atoms with E-state index in [-0.39, 0.29) is 17.7 Å². The van der Waals surface area contributed by atoms with Gasteiger partial charge in [0, 0.05) is 16.8 Å². The van der Waals surface area contributed by atoms with E-state index in [0.29, 0.717) is 11.4 Å². The van der Waals surface area contributed by atoms with E-state index in [1.807, 2.05) is 48.5 Å². The predicted molar refractivity (Wildman–Crippen MR) is 112 cm³/mol. The minimum atomic E-state index is -0.460. The van der Waals surface area contributed by atoms with Gasteiger partial charge in [-0.1, -0.05) is 24.3 Å². The monoisotopic (exact) mass is 400 g/mol. The molecule has 0 aliphatic carbocycles. The van der Waals surface area contributed by atoms with E-state index in [1.165, 1.54) is 24.3 Å². The molecule has 1 aromatic heterocycles. The lowest BCUT2D eigenvalue weighted by Gasteiger charge is -2.30. The Bertz CT molecular complexity index is 1280. The molecule has 0 bridgehead atoms. The van der Waals surface area contributed by atoms with Gasteiger partial charge >= 0.3 is 0 Å². The van der Waals surface area contributed by atoms with Crippen molar-refractivity contribution in [3.8, 4) is 28.4 Å². The minimum Gasteiger partial charge on any atom is -0.497 e. The lowest BCUT2D eigenvalue weighted by Crippen LogP contribution is -2.32. The molecule has 30 heavy (non-hydrogen) atoms. The molecule has 148 valence electrons. The maximum absolute atomic E-state index is 13.3. The number of halogens is 1. The van der Waals surface area contributed by atoms with Crippen molar-refractivity contribution in [1.29, 1.82) is 0 Å². The highest BCUT2D eigenvalue weighted by atomic mass is 19.1. The topological polar surface area (TPSA) is 69.0 Å². The molecule has 1 aliphatic rings. The lowest BCUT2D eigenvalue weighted by molar-refractivity contribution is 0.414. The van der Waals surface area contributed by atoms with Crippen LogP contribution in [0.1, 0.15) is 11.7 Å². The van der Waals surface area contributed by atoms with Gasteiger partial charge in [-0.05, 0) is 54.1 Å². The second kappa shape index (κ2) is 7.11. The highest BCUT2D eigenvalue weighted by Crippen LogP contribution is 2.36. The molecule has 0 unspecified atom stereocenters. The highest BCUT2D eigenvalue weighted by Gasteiger charge is 2.28. The molecule has 1 aliphatic heterocycles. The number of ether oxygens (including phenoxy) is 1. The van der Waals surface area contributed by atoms with Crippen molar-refractivity contribution in [1.82, 2.24) is 14.8 Å². The van der Waals surface area contributed by atoms with Crippen LogP contribution in [0.5, 0.6) is 5.75 Å². The first kappa shape index (κ1) is 18.1. The summed E-state index contributed by atoms with van der Waals surface area (Å²) >= 11 is 0. The average Bonchev–Trinajstić information content (AvgIpc) is 2.79. The molecule has 0 radical (unpaired) electrons. The zero-order valence-electron chi connectivity index (χ0n) is 16.0. The van der Waals surface area contributed by atoms with Gasteiger partial charge in [0.1, 0.15) is 17.7 Å². The van der Waals surface area contributed by atoms with Crippen molar-refractivity contribution in [2.75, 3.05) is 12.4 Å². The molecular weight excluding hydrogens is 383 g/mol. The van der Waals surface area contributed by atoms with E-state index in [4.69, 9.17) is 4.74 Å². The summed E-state index contributed by atoms with van der Waals surface area (Å²) in [6.07, 6.45) is -0.381. The molecule has 6 nitrogen and oxygen atoms in total. The number of methoxy groups -OCH3 is 1. The van der Waals surface area contributed by atoms with Gasteiger partial charge in [-0.3, -0.25) is 4.79 Å². The summed E-state index contributed by atoms with van der Waals surface area (Å²) in [5, 5.41) is 8.11. The maximum atomic E-state index is 13.3. The van der Waals surface area contributed by atoms with E-state index < -0.39 is 5.56 Å². The molecule has 1 N–H and O–H groups in total. The zero-order valence-corrected chi connectivity index (χ0v) is 16.0. The summed E-state index contributed by atoms with van der Waals surface area (Å²) < 4.78 is 20.3. The Kier molecular flexibility index (Phi) is 4.28. The number of benzene rings is 3. The fourth-order valence-corrected chi connectivity index (χ4v) is 3.57. The third-order valence-electron chi connectivity index (χ3n) is 5.09. The van der Waals surface area contributed by atoms with Crippen LogP contribution in [0.15, 0.2) is 77.6 Å². The second-order valence-electron chi connectivity index (χ2n) is 6.91. The number of para-hydroxylation sites is 1. The summed E-state index contributed by atoms with van der Waals surface area (Å²) in [5.41, 5.74) is 2.79. The smallest absolute Gasteiger partial charge is 0.300 e. The maximum Gasteiger partial charge on any atom is 0.300 e. The van der Waals surface area contributed by atoms with Gasteiger partial charge in [-0.15, -0.1) is 0 Å². The van der Waals surface area contributed by atoms with E-state index in [2.05, 4.69) is 15.4 Å². The van der Waals surface area contributed by atoms with Crippen LogP contribution in [0, 0.1) is 5.82 Å². The number of nitrogens with zero attached hydrogens (tertiary/aromatic N) is 3. The fourth-order valence-electron chi connectivity index (χ4n) is 3.57. The van der Waals surface area contributed by atoms with Crippen LogP contribution in [0.2, 0.25) is 0 Å². The number of aromatic nitrogens is 3. The molecule has 0 saturated carbocycles. The molecule has 1 atom stereocenters. The number of anilines is 1. The average molecular weight is 400 g/mol. The van der Waals surface area contributed by atoms with Crippen molar-refractivity contribution in [3.05, 3.63) is 94.5 Å². The minimum absolute atomic E-state index is 0.165. The number of hydrogen-bond donors (Lipinski definition) is 1. The van der Waals surface area contributed by atoms with Gasteiger partial charge in [-0.25, -0.2) is 9.07 Å². The standard InChI is InChI=1S/C23H17FN4O2/c1-30-17-12-8-15(9-13-17)21-25-19-5-3-2-4-18(19)22-26-23(29)20(27-28(21)22)14-6-10-16(24)11-7-14/h2-13,21,25H,1H3/t21-/m1/s1. The van der Waals surface area contributed by atoms with Crippen molar-refractivity contribution in [3.63, 3.8) is 0 Å². The van der Waals surface area contributed by atoms with Crippen molar-refractivity contribution in [2.45, 2.75) is 6.17 Å². The summed E-state index contributed by atoms with van der Waals surface area (Å²) in [6.45, 7) is 0. The predicted octanol–water partition coefficient (Wildman–Crippen LogP) is 4.09. The van der Waals surface area contributed by atoms with Gasteiger partial charge in [0.25, 0.3) is 5.56 Å². The summed E-state index contributed by atoms with van der Waals surface area (Å²) in [5.74, 6) is 0.839. The van der Waals surface area contributed by atoms with Crippen molar-refractivity contribution in [2.24, 2.45) is 0 Å². The molecule has 0 amide bonds. The molecule has 3 aromatic carbocycles. The number of fused-ring (bicyclic) bond motifs is 3. The van der Waals surface area contributed by atoms with Crippen LogP contribution >= 0.6 is 0 Å². The third-order valence-corrected chi connectivity index (χ3v) is 5.09. The number of nitrogens with one attached hydrogen (secondary N) is 1. The van der Waals surface area contributed by atoms with Gasteiger partial charge in [0.05, 0.1) is 7.11 Å². The second-order valence-corrected chi connectivity index (χ2v) is 6.91. The Hall–Kier alpha value is -4.00. The van der Waals surface area contributed by atoms with Gasteiger partial charge < -0.3 is 10.1 Å². The Morgan fingerprint density at radius 1 is 1.00 bits per heavy atom. The Balaban J connectivity index is 1.71. The van der Waals surface area contributed by atoms with Crippen LogP contribution in [-0.2, 0) is 0 Å². The molecule has 0 saturated heterocycles. The van der Waals surface area contributed by atoms with Gasteiger partial charge in [-0.2, -0.15) is 10.1 Å². The fraction of sp³-hybridized carbons (Fsp3) is 0.0870. The van der Waals surface area contributed by atoms with E-state index >= 15 is 0 Å². The Morgan fingerprint density at radius 3 is 2.47 bits per heavy atom. The number of rotatable bonds is 3. The van der Waals surface area contributed by atoms with Crippen LogP contribution in [-0.4, -0.2) is 21.9 Å². The molecule has 0 fully saturated rings. The number of hydrogen-bond acceptors (Lipinski definition) is 5. The summed E-state index contributed by atoms with van der Waals surface area (Å²) in [4.78, 5) is 17.1. The Labute approximate surface area is 171 Å². The normalized spacial score (nSPS) is 14.4. The summed E-state index contributed by atoms with van der Waals surface area (Å²) in [7, 11) is 1.62. The van der Waals surface area contributed by atoms with E-state index in [0.717, 1.165) is 22.6 Å². The molecule has 7 heteroatoms. The SMILES string of the molecule is COc1ccc([C@@H]2Nc3ccccc3-c3nc(=O)c(-c4ccc(F)cc4)nn32)cc1. The molecule has 5 rings (SSSR count). The largest absolute Gasteiger partial charge is 0.497 e. The summed E-state index contributed by atoms with van der Waals surface area (Å²) in [6, 6.07) is 20.9. The Morgan fingerprint density at radius 2 is 1.73 bits per heavy atom. The van der Waals surface area contributed by atoms with Crippen molar-refractivity contribution < 1.29 is 9.13 Å². The highest BCUT2D eigenvalue weighted by molar-refractivity contribution is 5.76. The van der Waals surface area contributed by atoms with E-state index in [1.54, 1.807) is 11.8 Å². The van der Waals surface area contributed by atoms with Crippen LogP contribution < -0.4 is 15.6 Å². The molecule has 4 aromatic rings. The first-order valence-corrected chi connectivity index (χ1v) is 9.41. The van der Waals surface area contributed by atoms with Crippen LogP contribution in [0.4, 0.5) is 10.1 Å². The molecule has 2 heterocycles. The van der Waals surface area contributed by atoms with Gasteiger partial charge in [0.2, 0.25) is 0 Å². The van der Waals surface area contributed by atoms with Crippen LogP contribution in [0.25, 0.3) is 22.6 Å². The molecule has 0 spiro atoms. The third kappa shape index (κ3) is 3.00. The van der Waals surface area contributed by atoms with E-state index in [9.17, 15) is 9.18 Å². The first-order valence-electron chi connectivity index (χ1n) is 9.41.